The first-order chi connectivity index (χ1) is 11.7. The quantitative estimate of drug-likeness (QED) is 0.846. The Morgan fingerprint density at radius 2 is 2.29 bits per heavy atom. The zero-order valence-corrected chi connectivity index (χ0v) is 13.8. The Bertz CT molecular complexity index is 693. The zero-order chi connectivity index (χ0) is 16.5. The molecule has 2 atom stereocenters. The highest BCUT2D eigenvalue weighted by Crippen LogP contribution is 2.47. The van der Waals surface area contributed by atoms with E-state index in [2.05, 4.69) is 20.3 Å². The Morgan fingerprint density at radius 3 is 3.00 bits per heavy atom. The van der Waals surface area contributed by atoms with E-state index in [-0.39, 0.29) is 11.8 Å². The van der Waals surface area contributed by atoms with E-state index < -0.39 is 0 Å². The summed E-state index contributed by atoms with van der Waals surface area (Å²) in [6.07, 6.45) is 6.00. The molecule has 24 heavy (non-hydrogen) atoms. The van der Waals surface area contributed by atoms with Crippen LogP contribution in [0.5, 0.6) is 0 Å². The topological polar surface area (TPSA) is 88.9 Å². The van der Waals surface area contributed by atoms with Crippen molar-refractivity contribution in [3.63, 3.8) is 0 Å². The van der Waals surface area contributed by atoms with Crippen LogP contribution in [0.2, 0.25) is 0 Å². The molecule has 0 bridgehead atoms. The van der Waals surface area contributed by atoms with Crippen LogP contribution in [0, 0.1) is 11.8 Å². The maximum Gasteiger partial charge on any atom is 0.244 e. The minimum atomic E-state index is 0.111. The summed E-state index contributed by atoms with van der Waals surface area (Å²) in [4.78, 5) is 19.1. The molecule has 8 heteroatoms. The number of H-pyrrole nitrogens is 1. The van der Waals surface area contributed by atoms with Crippen LogP contribution in [0.15, 0.2) is 18.5 Å². The standard InChI is InChI=1S/C16H22N6O2/c1-24-10-14-18-16(20-19-14)13-8-21(7-12(13)11-3-4-11)15(23)9-22-6-2-5-17-22/h2,5-6,11-13H,3-4,7-10H2,1H3,(H,18,19,20)/t12-,13+/m1/s1. The van der Waals surface area contributed by atoms with E-state index in [9.17, 15) is 4.79 Å². The molecule has 1 saturated heterocycles. The fourth-order valence-electron chi connectivity index (χ4n) is 3.62. The number of hydrogen-bond acceptors (Lipinski definition) is 5. The van der Waals surface area contributed by atoms with Crippen molar-refractivity contribution in [1.29, 1.82) is 0 Å². The molecule has 2 aliphatic rings. The number of nitrogens with zero attached hydrogens (tertiary/aromatic N) is 5. The Hall–Kier alpha value is -2.22. The lowest BCUT2D eigenvalue weighted by atomic mass is 9.91. The van der Waals surface area contributed by atoms with Crippen LogP contribution in [0.3, 0.4) is 0 Å². The minimum absolute atomic E-state index is 0.111. The van der Waals surface area contributed by atoms with Crippen LogP contribution in [0.1, 0.15) is 30.4 Å². The van der Waals surface area contributed by atoms with Crippen molar-refractivity contribution in [2.24, 2.45) is 11.8 Å². The highest BCUT2D eigenvalue weighted by molar-refractivity contribution is 5.76. The molecule has 2 aromatic heterocycles. The molecule has 128 valence electrons. The first kappa shape index (κ1) is 15.3. The highest BCUT2D eigenvalue weighted by Gasteiger charge is 2.45. The molecule has 1 aliphatic heterocycles. The van der Waals surface area contributed by atoms with Crippen LogP contribution in [0.25, 0.3) is 0 Å². The first-order valence-electron chi connectivity index (χ1n) is 8.40. The van der Waals surface area contributed by atoms with Gasteiger partial charge >= 0.3 is 0 Å². The Morgan fingerprint density at radius 1 is 1.42 bits per heavy atom. The van der Waals surface area contributed by atoms with E-state index in [1.54, 1.807) is 18.0 Å². The fourth-order valence-corrected chi connectivity index (χ4v) is 3.62. The second-order valence-corrected chi connectivity index (χ2v) is 6.68. The average molecular weight is 330 g/mol. The predicted octanol–water partition coefficient (Wildman–Crippen LogP) is 0.800. The van der Waals surface area contributed by atoms with E-state index >= 15 is 0 Å². The molecular weight excluding hydrogens is 308 g/mol. The van der Waals surface area contributed by atoms with Gasteiger partial charge in [-0.3, -0.25) is 14.6 Å². The molecule has 2 fully saturated rings. The molecule has 2 aromatic rings. The van der Waals surface area contributed by atoms with Gasteiger partial charge in [0.25, 0.3) is 0 Å². The van der Waals surface area contributed by atoms with Gasteiger partial charge in [0.05, 0.1) is 0 Å². The third-order valence-electron chi connectivity index (χ3n) is 4.96. The number of carbonyl (C=O) groups is 1. The predicted molar refractivity (Wildman–Crippen MR) is 84.9 cm³/mol. The molecule has 4 rings (SSSR count). The number of ether oxygens (including phenoxy) is 1. The number of aromatic nitrogens is 5. The van der Waals surface area contributed by atoms with E-state index in [0.717, 1.165) is 18.2 Å². The number of likely N-dealkylation sites (tertiary alicyclic amines) is 1. The summed E-state index contributed by atoms with van der Waals surface area (Å²) in [7, 11) is 1.64. The van der Waals surface area contributed by atoms with Crippen LogP contribution in [0.4, 0.5) is 0 Å². The molecule has 0 spiro atoms. The molecule has 0 unspecified atom stereocenters. The van der Waals surface area contributed by atoms with Gasteiger partial charge < -0.3 is 9.64 Å². The van der Waals surface area contributed by atoms with E-state index in [0.29, 0.717) is 31.5 Å². The van der Waals surface area contributed by atoms with E-state index in [1.165, 1.54) is 12.8 Å². The van der Waals surface area contributed by atoms with Crippen molar-refractivity contribution < 1.29 is 9.53 Å². The summed E-state index contributed by atoms with van der Waals surface area (Å²) >= 11 is 0. The van der Waals surface area contributed by atoms with Crippen molar-refractivity contribution in [3.05, 3.63) is 30.1 Å². The smallest absolute Gasteiger partial charge is 0.244 e. The Kier molecular flexibility index (Phi) is 4.05. The number of rotatable bonds is 6. The molecule has 0 aromatic carbocycles. The molecule has 3 heterocycles. The molecular formula is C16H22N6O2. The van der Waals surface area contributed by atoms with Crippen molar-refractivity contribution >= 4 is 5.91 Å². The number of carbonyl (C=O) groups excluding carboxylic acids is 1. The lowest BCUT2D eigenvalue weighted by Crippen LogP contribution is -2.32. The molecule has 8 nitrogen and oxygen atoms in total. The summed E-state index contributed by atoms with van der Waals surface area (Å²) in [5.41, 5.74) is 0. The van der Waals surface area contributed by atoms with Crippen LogP contribution < -0.4 is 0 Å². The van der Waals surface area contributed by atoms with Gasteiger partial charge in [-0.25, -0.2) is 4.98 Å². The van der Waals surface area contributed by atoms with Crippen LogP contribution in [-0.4, -0.2) is 56.0 Å². The summed E-state index contributed by atoms with van der Waals surface area (Å²) in [6, 6.07) is 1.83. The SMILES string of the molecule is COCc1nc([C@H]2CN(C(=O)Cn3cccn3)C[C@@H]2C2CC2)n[nH]1. The third-order valence-corrected chi connectivity index (χ3v) is 4.96. The van der Waals surface area contributed by atoms with Crippen LogP contribution >= 0.6 is 0 Å². The van der Waals surface area contributed by atoms with Gasteiger partial charge in [-0.15, -0.1) is 0 Å². The van der Waals surface area contributed by atoms with E-state index in [4.69, 9.17) is 4.74 Å². The maximum absolute atomic E-state index is 12.6. The Labute approximate surface area is 140 Å². The summed E-state index contributed by atoms with van der Waals surface area (Å²) < 4.78 is 6.77. The van der Waals surface area contributed by atoms with Crippen molar-refractivity contribution in [2.45, 2.75) is 31.9 Å². The van der Waals surface area contributed by atoms with Gasteiger partial charge in [0, 0.05) is 38.5 Å². The van der Waals surface area contributed by atoms with E-state index in [1.807, 2.05) is 17.2 Å². The van der Waals surface area contributed by atoms with Gasteiger partial charge in [0.15, 0.2) is 11.6 Å². The van der Waals surface area contributed by atoms with Gasteiger partial charge in [0.2, 0.25) is 5.91 Å². The van der Waals surface area contributed by atoms with Crippen molar-refractivity contribution in [3.8, 4) is 0 Å². The maximum atomic E-state index is 12.6. The van der Waals surface area contributed by atoms with Gasteiger partial charge in [-0.2, -0.15) is 10.2 Å². The lowest BCUT2D eigenvalue weighted by molar-refractivity contribution is -0.131. The van der Waals surface area contributed by atoms with Gasteiger partial charge in [0.1, 0.15) is 13.2 Å². The summed E-state index contributed by atoms with van der Waals surface area (Å²) in [5, 5.41) is 11.4. The number of nitrogens with one attached hydrogen (secondary N) is 1. The third kappa shape index (κ3) is 3.06. The second-order valence-electron chi connectivity index (χ2n) is 6.68. The number of methoxy groups -OCH3 is 1. The number of hydrogen-bond donors (Lipinski definition) is 1. The molecule has 0 radical (unpaired) electrons. The largest absolute Gasteiger partial charge is 0.377 e. The zero-order valence-electron chi connectivity index (χ0n) is 13.8. The van der Waals surface area contributed by atoms with Crippen LogP contribution in [-0.2, 0) is 22.7 Å². The summed E-state index contributed by atoms with van der Waals surface area (Å²) in [6.45, 7) is 2.20. The molecule has 1 N–H and O–H groups in total. The second kappa shape index (κ2) is 6.35. The number of amides is 1. The van der Waals surface area contributed by atoms with Crippen molar-refractivity contribution in [2.75, 3.05) is 20.2 Å². The normalized spacial score (nSPS) is 23.8. The highest BCUT2D eigenvalue weighted by atomic mass is 16.5. The minimum Gasteiger partial charge on any atom is -0.377 e. The fraction of sp³-hybridized carbons (Fsp3) is 0.625. The molecule has 1 saturated carbocycles. The van der Waals surface area contributed by atoms with Gasteiger partial charge in [-0.05, 0) is 30.7 Å². The Balaban J connectivity index is 1.47. The summed E-state index contributed by atoms with van der Waals surface area (Å²) in [5.74, 6) is 3.02. The average Bonchev–Trinajstić information content (AvgIpc) is 3.00. The van der Waals surface area contributed by atoms with Gasteiger partial charge in [-0.1, -0.05) is 0 Å². The molecule has 1 aliphatic carbocycles. The lowest BCUT2D eigenvalue weighted by Gasteiger charge is -2.16. The first-order valence-corrected chi connectivity index (χ1v) is 8.40. The monoisotopic (exact) mass is 330 g/mol. The van der Waals surface area contributed by atoms with Crippen molar-refractivity contribution in [1.82, 2.24) is 29.9 Å². The molecule has 1 amide bonds. The number of aromatic amines is 1.